The van der Waals surface area contributed by atoms with Gasteiger partial charge in [0, 0.05) is 20.1 Å². The third-order valence-electron chi connectivity index (χ3n) is 5.08. The van der Waals surface area contributed by atoms with Crippen molar-refractivity contribution in [3.05, 3.63) is 5.82 Å². The highest BCUT2D eigenvalue weighted by Gasteiger charge is 2.46. The molecule has 2 fully saturated rings. The fourth-order valence-corrected chi connectivity index (χ4v) is 3.39. The lowest BCUT2D eigenvalue weighted by Crippen LogP contribution is -2.52. The van der Waals surface area contributed by atoms with Crippen LogP contribution in [-0.2, 0) is 7.05 Å². The van der Waals surface area contributed by atoms with Crippen LogP contribution in [0.15, 0.2) is 0 Å². The Balaban J connectivity index is 1.83. The summed E-state index contributed by atoms with van der Waals surface area (Å²) in [6, 6.07) is 0. The molecule has 0 unspecified atom stereocenters. The van der Waals surface area contributed by atoms with E-state index in [0.717, 1.165) is 24.2 Å². The molecule has 1 atom stereocenters. The first-order valence-electron chi connectivity index (χ1n) is 6.73. The number of hydrogen-bond acceptors (Lipinski definition) is 3. The van der Waals surface area contributed by atoms with E-state index >= 15 is 0 Å². The molecule has 4 nitrogen and oxygen atoms in total. The van der Waals surface area contributed by atoms with Crippen LogP contribution in [0.5, 0.6) is 0 Å². The predicted octanol–water partition coefficient (Wildman–Crippen LogP) is 2.14. The molecule has 4 heteroatoms. The first kappa shape index (κ1) is 11.1. The molecular formula is C13H22N4. The van der Waals surface area contributed by atoms with Crippen LogP contribution >= 0.6 is 0 Å². The molecule has 0 bridgehead atoms. The van der Waals surface area contributed by atoms with E-state index in [-0.39, 0.29) is 0 Å². The van der Waals surface area contributed by atoms with Gasteiger partial charge in [0.05, 0.1) is 0 Å². The van der Waals surface area contributed by atoms with Crippen molar-refractivity contribution >= 4 is 5.95 Å². The van der Waals surface area contributed by atoms with E-state index in [2.05, 4.69) is 33.6 Å². The Morgan fingerprint density at radius 3 is 2.59 bits per heavy atom. The standard InChI is InChI=1S/C13H22N4/c1-10-5-8-17(9-13(10)6-4-7-13)12-15-14-11(2)16(12)3/h10H,4-9H2,1-3H3/t10-/m0/s1. The van der Waals surface area contributed by atoms with Crippen LogP contribution < -0.4 is 4.90 Å². The molecule has 1 aliphatic heterocycles. The molecular weight excluding hydrogens is 212 g/mol. The zero-order valence-electron chi connectivity index (χ0n) is 11.1. The van der Waals surface area contributed by atoms with Crippen LogP contribution in [0.4, 0.5) is 5.95 Å². The van der Waals surface area contributed by atoms with Gasteiger partial charge in [0.2, 0.25) is 5.95 Å². The van der Waals surface area contributed by atoms with Crippen molar-refractivity contribution in [1.29, 1.82) is 0 Å². The lowest BCUT2D eigenvalue weighted by molar-refractivity contribution is 0.0440. The average molecular weight is 234 g/mol. The van der Waals surface area contributed by atoms with E-state index in [9.17, 15) is 0 Å². The maximum atomic E-state index is 4.33. The zero-order valence-corrected chi connectivity index (χ0v) is 11.1. The van der Waals surface area contributed by atoms with E-state index < -0.39 is 0 Å². The second kappa shape index (κ2) is 3.72. The number of nitrogens with zero attached hydrogens (tertiary/aromatic N) is 4. The molecule has 1 aromatic rings. The number of aryl methyl sites for hydroxylation is 1. The van der Waals surface area contributed by atoms with E-state index in [4.69, 9.17) is 0 Å². The van der Waals surface area contributed by atoms with Gasteiger partial charge in [0.1, 0.15) is 5.82 Å². The molecule has 2 aliphatic rings. The lowest BCUT2D eigenvalue weighted by atomic mass is 9.59. The topological polar surface area (TPSA) is 34.0 Å². The maximum absolute atomic E-state index is 4.33. The molecule has 1 saturated heterocycles. The summed E-state index contributed by atoms with van der Waals surface area (Å²) >= 11 is 0. The summed E-state index contributed by atoms with van der Waals surface area (Å²) in [5, 5.41) is 8.50. The lowest BCUT2D eigenvalue weighted by Gasteiger charge is -2.53. The molecule has 0 N–H and O–H groups in total. The van der Waals surface area contributed by atoms with Crippen LogP contribution in [0.25, 0.3) is 0 Å². The number of rotatable bonds is 1. The molecule has 0 amide bonds. The monoisotopic (exact) mass is 234 g/mol. The number of hydrogen-bond donors (Lipinski definition) is 0. The second-order valence-corrected chi connectivity index (χ2v) is 5.93. The molecule has 1 aliphatic carbocycles. The van der Waals surface area contributed by atoms with E-state index in [1.54, 1.807) is 0 Å². The van der Waals surface area contributed by atoms with Crippen molar-refractivity contribution in [2.24, 2.45) is 18.4 Å². The van der Waals surface area contributed by atoms with Gasteiger partial charge in [0.25, 0.3) is 0 Å². The van der Waals surface area contributed by atoms with Crippen LogP contribution in [0.2, 0.25) is 0 Å². The van der Waals surface area contributed by atoms with Gasteiger partial charge in [-0.15, -0.1) is 10.2 Å². The Hall–Kier alpha value is -1.06. The van der Waals surface area contributed by atoms with Gasteiger partial charge in [-0.25, -0.2) is 0 Å². The molecule has 0 aromatic carbocycles. The first-order chi connectivity index (χ1) is 8.12. The maximum Gasteiger partial charge on any atom is 0.226 e. The zero-order chi connectivity index (χ0) is 12.0. The minimum Gasteiger partial charge on any atom is -0.340 e. The summed E-state index contributed by atoms with van der Waals surface area (Å²) in [7, 11) is 2.07. The Morgan fingerprint density at radius 2 is 2.06 bits per heavy atom. The molecule has 94 valence electrons. The summed E-state index contributed by atoms with van der Waals surface area (Å²) in [5.74, 6) is 2.93. The smallest absolute Gasteiger partial charge is 0.226 e. The van der Waals surface area contributed by atoms with E-state index in [1.165, 1.54) is 32.2 Å². The molecule has 0 radical (unpaired) electrons. The van der Waals surface area contributed by atoms with Crippen LogP contribution in [0, 0.1) is 18.3 Å². The van der Waals surface area contributed by atoms with Gasteiger partial charge in [-0.2, -0.15) is 0 Å². The Labute approximate surface area is 103 Å². The van der Waals surface area contributed by atoms with Crippen LogP contribution in [-0.4, -0.2) is 27.9 Å². The first-order valence-corrected chi connectivity index (χ1v) is 6.73. The third kappa shape index (κ3) is 1.57. The number of piperidine rings is 1. The van der Waals surface area contributed by atoms with E-state index in [1.807, 2.05) is 6.92 Å². The summed E-state index contributed by atoms with van der Waals surface area (Å²) < 4.78 is 2.11. The van der Waals surface area contributed by atoms with Gasteiger partial charge in [-0.05, 0) is 37.5 Å². The van der Waals surface area contributed by atoms with Gasteiger partial charge < -0.3 is 9.47 Å². The van der Waals surface area contributed by atoms with Crippen molar-refractivity contribution in [2.75, 3.05) is 18.0 Å². The van der Waals surface area contributed by atoms with Gasteiger partial charge >= 0.3 is 0 Å². The molecule has 1 aromatic heterocycles. The predicted molar refractivity (Wildman–Crippen MR) is 68.0 cm³/mol. The third-order valence-corrected chi connectivity index (χ3v) is 5.08. The number of aromatic nitrogens is 3. The molecule has 17 heavy (non-hydrogen) atoms. The molecule has 1 saturated carbocycles. The highest BCUT2D eigenvalue weighted by molar-refractivity contribution is 5.33. The molecule has 3 rings (SSSR count). The highest BCUT2D eigenvalue weighted by atomic mass is 15.4. The summed E-state index contributed by atoms with van der Waals surface area (Å²) in [5.41, 5.74) is 0.581. The van der Waals surface area contributed by atoms with Crippen molar-refractivity contribution < 1.29 is 0 Å². The minimum absolute atomic E-state index is 0.581. The molecule has 2 heterocycles. The quantitative estimate of drug-likeness (QED) is 0.746. The fraction of sp³-hybridized carbons (Fsp3) is 0.846. The van der Waals surface area contributed by atoms with Crippen LogP contribution in [0.3, 0.4) is 0 Å². The van der Waals surface area contributed by atoms with Crippen molar-refractivity contribution in [3.8, 4) is 0 Å². The van der Waals surface area contributed by atoms with Crippen molar-refractivity contribution in [2.45, 2.75) is 39.5 Å². The normalized spacial score (nSPS) is 27.2. The SMILES string of the molecule is Cc1nnc(N2CC[C@H](C)C3(CCC3)C2)n1C. The number of anilines is 1. The Morgan fingerprint density at radius 1 is 1.29 bits per heavy atom. The fourth-order valence-electron chi connectivity index (χ4n) is 3.39. The van der Waals surface area contributed by atoms with Crippen molar-refractivity contribution in [1.82, 2.24) is 14.8 Å². The Bertz CT molecular complexity index is 419. The second-order valence-electron chi connectivity index (χ2n) is 5.93. The van der Waals surface area contributed by atoms with Crippen LogP contribution in [0.1, 0.15) is 38.4 Å². The van der Waals surface area contributed by atoms with Gasteiger partial charge in [-0.3, -0.25) is 0 Å². The Kier molecular flexibility index (Phi) is 2.42. The van der Waals surface area contributed by atoms with Crippen molar-refractivity contribution in [3.63, 3.8) is 0 Å². The van der Waals surface area contributed by atoms with Gasteiger partial charge in [0.15, 0.2) is 0 Å². The highest BCUT2D eigenvalue weighted by Crippen LogP contribution is 2.51. The van der Waals surface area contributed by atoms with Gasteiger partial charge in [-0.1, -0.05) is 13.3 Å². The summed E-state index contributed by atoms with van der Waals surface area (Å²) in [6.45, 7) is 6.76. The summed E-state index contributed by atoms with van der Waals surface area (Å²) in [4.78, 5) is 2.44. The minimum atomic E-state index is 0.581. The molecule has 1 spiro atoms. The average Bonchev–Trinajstić information content (AvgIpc) is 2.59. The van der Waals surface area contributed by atoms with E-state index in [0.29, 0.717) is 5.41 Å². The largest absolute Gasteiger partial charge is 0.340 e. The summed E-state index contributed by atoms with van der Waals surface area (Å²) in [6.07, 6.45) is 5.52.